The van der Waals surface area contributed by atoms with Gasteiger partial charge in [-0.1, -0.05) is 18.2 Å². The fourth-order valence-corrected chi connectivity index (χ4v) is 3.57. The number of carbonyl (C=O) groups excluding carboxylic acids is 1. The molecule has 0 aromatic heterocycles. The van der Waals surface area contributed by atoms with Gasteiger partial charge in [0.05, 0.1) is 6.10 Å². The van der Waals surface area contributed by atoms with Crippen molar-refractivity contribution in [1.29, 1.82) is 0 Å². The zero-order valence-electron chi connectivity index (χ0n) is 15.2. The number of anilines is 1. The second kappa shape index (κ2) is 8.88. The number of benzene rings is 2. The van der Waals surface area contributed by atoms with E-state index in [9.17, 15) is 13.8 Å². The molecule has 0 spiro atoms. The first-order valence-corrected chi connectivity index (χ1v) is 9.80. The van der Waals surface area contributed by atoms with Crippen LogP contribution < -0.4 is 19.9 Å². The van der Waals surface area contributed by atoms with Gasteiger partial charge in [-0.15, -0.1) is 0 Å². The number of nitrogens with two attached hydrogens (primary N) is 1. The summed E-state index contributed by atoms with van der Waals surface area (Å²) in [5.41, 5.74) is 5.69. The van der Waals surface area contributed by atoms with Crippen LogP contribution in [0.15, 0.2) is 48.5 Å². The molecule has 2 atom stereocenters. The Bertz CT molecular complexity index is 832. The predicted molar refractivity (Wildman–Crippen MR) is 99.9 cm³/mol. The molecule has 0 fully saturated rings. The lowest BCUT2D eigenvalue weighted by Gasteiger charge is -2.23. The summed E-state index contributed by atoms with van der Waals surface area (Å²) >= 11 is 0. The van der Waals surface area contributed by atoms with Crippen molar-refractivity contribution < 1.29 is 27.5 Å². The molecular formula is C18H22FN2O5P. The Kier molecular flexibility index (Phi) is 6.82. The molecular weight excluding hydrogens is 374 g/mol. The first kappa shape index (κ1) is 20.7. The van der Waals surface area contributed by atoms with Crippen LogP contribution in [0, 0.1) is 5.82 Å². The topological polar surface area (TPSA) is 99.9 Å². The highest BCUT2D eigenvalue weighted by Gasteiger charge is 2.34. The van der Waals surface area contributed by atoms with Crippen molar-refractivity contribution in [2.75, 3.05) is 5.73 Å². The van der Waals surface area contributed by atoms with Crippen LogP contribution in [0.5, 0.6) is 11.5 Å². The highest BCUT2D eigenvalue weighted by atomic mass is 31.2. The fraction of sp³-hybridized carbons (Fsp3) is 0.278. The largest absolute Gasteiger partial charge is 0.513 e. The summed E-state index contributed by atoms with van der Waals surface area (Å²) in [7, 11) is -4.19. The number of nitrogen functional groups attached to an aromatic ring is 1. The number of rotatable bonds is 8. The lowest BCUT2D eigenvalue weighted by molar-refractivity contribution is -0.149. The molecule has 2 aromatic rings. The van der Waals surface area contributed by atoms with Crippen LogP contribution in [0.3, 0.4) is 0 Å². The maximum atomic E-state index is 14.1. The molecule has 0 radical (unpaired) electrons. The van der Waals surface area contributed by atoms with Crippen LogP contribution in [-0.4, -0.2) is 18.1 Å². The van der Waals surface area contributed by atoms with E-state index in [-0.39, 0.29) is 23.3 Å². The van der Waals surface area contributed by atoms with Gasteiger partial charge in [-0.3, -0.25) is 4.79 Å². The van der Waals surface area contributed by atoms with Crippen LogP contribution in [0.4, 0.5) is 10.1 Å². The van der Waals surface area contributed by atoms with E-state index in [0.717, 1.165) is 6.07 Å². The minimum absolute atomic E-state index is 0.181. The fourth-order valence-electron chi connectivity index (χ4n) is 2.04. The Balaban J connectivity index is 2.27. The van der Waals surface area contributed by atoms with Gasteiger partial charge >= 0.3 is 13.7 Å². The number of hydrogen-bond donors (Lipinski definition) is 2. The van der Waals surface area contributed by atoms with Gasteiger partial charge in [-0.2, -0.15) is 5.09 Å². The zero-order valence-corrected chi connectivity index (χ0v) is 16.1. The van der Waals surface area contributed by atoms with Gasteiger partial charge in [0.2, 0.25) is 0 Å². The van der Waals surface area contributed by atoms with E-state index < -0.39 is 25.6 Å². The molecule has 0 aliphatic carbocycles. The third kappa shape index (κ3) is 6.27. The van der Waals surface area contributed by atoms with Gasteiger partial charge in [0.25, 0.3) is 0 Å². The molecule has 0 bridgehead atoms. The summed E-state index contributed by atoms with van der Waals surface area (Å²) in [4.78, 5) is 12.0. The molecule has 27 heavy (non-hydrogen) atoms. The lowest BCUT2D eigenvalue weighted by atomic mass is 10.3. The molecule has 3 N–H and O–H groups in total. The summed E-state index contributed by atoms with van der Waals surface area (Å²) in [6.45, 7) is 4.81. The maximum absolute atomic E-state index is 14.1. The minimum Gasteiger partial charge on any atom is -0.462 e. The quantitative estimate of drug-likeness (QED) is 0.396. The van der Waals surface area contributed by atoms with Gasteiger partial charge in [-0.05, 0) is 45.0 Å². The molecule has 2 rings (SSSR count). The van der Waals surface area contributed by atoms with E-state index in [1.165, 1.54) is 19.1 Å². The number of esters is 1. The molecule has 146 valence electrons. The number of ether oxygens (including phenoxy) is 1. The smallest absolute Gasteiger partial charge is 0.462 e. The molecule has 0 amide bonds. The van der Waals surface area contributed by atoms with Gasteiger partial charge in [0.15, 0.2) is 11.6 Å². The van der Waals surface area contributed by atoms with Gasteiger partial charge in [0.1, 0.15) is 11.8 Å². The Morgan fingerprint density at radius 3 is 2.37 bits per heavy atom. The van der Waals surface area contributed by atoms with Crippen molar-refractivity contribution >= 4 is 19.4 Å². The van der Waals surface area contributed by atoms with E-state index in [1.807, 2.05) is 0 Å². The number of hydrogen-bond acceptors (Lipinski definition) is 6. The summed E-state index contributed by atoms with van der Waals surface area (Å²) < 4.78 is 43.1. The maximum Gasteiger partial charge on any atom is 0.513 e. The van der Waals surface area contributed by atoms with Gasteiger partial charge in [-0.25, -0.2) is 8.96 Å². The van der Waals surface area contributed by atoms with Crippen molar-refractivity contribution in [3.63, 3.8) is 0 Å². The number of nitrogens with one attached hydrogen (secondary N) is 1. The second-order valence-corrected chi connectivity index (χ2v) is 7.64. The summed E-state index contributed by atoms with van der Waals surface area (Å²) in [6, 6.07) is 10.8. The predicted octanol–water partition coefficient (Wildman–Crippen LogP) is 3.90. The van der Waals surface area contributed by atoms with Gasteiger partial charge in [0, 0.05) is 11.8 Å². The van der Waals surface area contributed by atoms with E-state index in [0.29, 0.717) is 0 Å². The van der Waals surface area contributed by atoms with Crippen LogP contribution in [0.2, 0.25) is 0 Å². The average Bonchev–Trinajstić information content (AvgIpc) is 2.57. The van der Waals surface area contributed by atoms with E-state index in [4.69, 9.17) is 19.5 Å². The normalized spacial score (nSPS) is 14.3. The molecule has 0 aliphatic heterocycles. The van der Waals surface area contributed by atoms with Crippen LogP contribution >= 0.6 is 7.75 Å². The zero-order chi connectivity index (χ0) is 20.0. The van der Waals surface area contributed by atoms with Crippen molar-refractivity contribution in [2.45, 2.75) is 32.9 Å². The van der Waals surface area contributed by atoms with Crippen LogP contribution in [-0.2, 0) is 14.1 Å². The van der Waals surface area contributed by atoms with E-state index in [1.54, 1.807) is 44.2 Å². The second-order valence-electron chi connectivity index (χ2n) is 6.02. The number of para-hydroxylation sites is 1. The van der Waals surface area contributed by atoms with Crippen LogP contribution in [0.25, 0.3) is 0 Å². The Morgan fingerprint density at radius 1 is 1.11 bits per heavy atom. The molecule has 0 saturated heterocycles. The third-order valence-electron chi connectivity index (χ3n) is 3.20. The molecule has 0 heterocycles. The molecule has 9 heteroatoms. The molecule has 1 unspecified atom stereocenters. The van der Waals surface area contributed by atoms with E-state index >= 15 is 0 Å². The molecule has 0 aliphatic rings. The van der Waals surface area contributed by atoms with Crippen molar-refractivity contribution in [3.05, 3.63) is 54.3 Å². The molecule has 7 nitrogen and oxygen atoms in total. The molecule has 2 aromatic carbocycles. The third-order valence-corrected chi connectivity index (χ3v) is 4.79. The summed E-state index contributed by atoms with van der Waals surface area (Å²) in [5, 5.41) is 2.48. The van der Waals surface area contributed by atoms with E-state index in [2.05, 4.69) is 5.09 Å². The Hall–Kier alpha value is -2.57. The van der Waals surface area contributed by atoms with Crippen molar-refractivity contribution in [2.24, 2.45) is 0 Å². The summed E-state index contributed by atoms with van der Waals surface area (Å²) in [5.74, 6) is -1.58. The molecule has 0 saturated carbocycles. The van der Waals surface area contributed by atoms with Gasteiger partial charge < -0.3 is 19.5 Å². The SMILES string of the molecule is CC(C)OC(=O)[C@H](C)NP(=O)(Oc1ccccc1)Oc1ccc(N)cc1F. The lowest BCUT2D eigenvalue weighted by Crippen LogP contribution is -2.36. The monoisotopic (exact) mass is 396 g/mol. The summed E-state index contributed by atoms with van der Waals surface area (Å²) in [6.07, 6.45) is -0.355. The van der Waals surface area contributed by atoms with Crippen molar-refractivity contribution in [3.8, 4) is 11.5 Å². The Morgan fingerprint density at radius 2 is 1.78 bits per heavy atom. The highest BCUT2D eigenvalue weighted by molar-refractivity contribution is 7.52. The first-order chi connectivity index (χ1) is 12.7. The van der Waals surface area contributed by atoms with Crippen molar-refractivity contribution in [1.82, 2.24) is 5.09 Å². The Labute approximate surface area is 157 Å². The van der Waals surface area contributed by atoms with Crippen LogP contribution in [0.1, 0.15) is 20.8 Å². The number of halogens is 1. The highest BCUT2D eigenvalue weighted by Crippen LogP contribution is 2.46. The minimum atomic E-state index is -4.19. The first-order valence-electron chi connectivity index (χ1n) is 8.26. The standard InChI is InChI=1S/C18H22FN2O5P/c1-12(2)24-18(22)13(3)21-27(23,25-15-7-5-4-6-8-15)26-17-10-9-14(20)11-16(17)19/h4-13H,20H2,1-3H3,(H,21,23)/t13-,27?/m0/s1. The average molecular weight is 396 g/mol. The number of carbonyl (C=O) groups is 1.